The molecule has 1 aromatic carbocycles. The van der Waals surface area contributed by atoms with Crippen LogP contribution in [-0.2, 0) is 4.74 Å². The number of carbonyl (C=O) groups is 1. The second-order valence-corrected chi connectivity index (χ2v) is 5.22. The smallest absolute Gasteiger partial charge is 0.338 e. The summed E-state index contributed by atoms with van der Waals surface area (Å²) in [5.74, 6) is -0.229. The highest BCUT2D eigenvalue weighted by atomic mass is 16.5. The highest BCUT2D eigenvalue weighted by Crippen LogP contribution is 2.18. The number of esters is 1. The number of hydrogen-bond donors (Lipinski definition) is 1. The molecular formula is C16H23NO2. The van der Waals surface area contributed by atoms with Gasteiger partial charge in [-0.2, -0.15) is 0 Å². The monoisotopic (exact) mass is 261 g/mol. The predicted octanol–water partition coefficient (Wildman–Crippen LogP) is 3.15. The van der Waals surface area contributed by atoms with Gasteiger partial charge in [0.2, 0.25) is 0 Å². The summed E-state index contributed by atoms with van der Waals surface area (Å²) in [6, 6.07) is 10.1. The quantitative estimate of drug-likeness (QED) is 0.799. The van der Waals surface area contributed by atoms with Crippen molar-refractivity contribution in [2.45, 2.75) is 51.1 Å². The molecule has 104 valence electrons. The van der Waals surface area contributed by atoms with Crippen molar-refractivity contribution in [1.82, 2.24) is 5.32 Å². The van der Waals surface area contributed by atoms with Crippen LogP contribution >= 0.6 is 0 Å². The van der Waals surface area contributed by atoms with Crippen LogP contribution in [0.15, 0.2) is 30.3 Å². The molecule has 1 atom stereocenters. The average molecular weight is 261 g/mol. The molecule has 2 rings (SSSR count). The Balaban J connectivity index is 1.77. The summed E-state index contributed by atoms with van der Waals surface area (Å²) in [4.78, 5) is 11.9. The molecule has 0 bridgehead atoms. The summed E-state index contributed by atoms with van der Waals surface area (Å²) in [5.41, 5.74) is 0.623. The number of ether oxygens (including phenoxy) is 1. The Morgan fingerprint density at radius 2 is 2.00 bits per heavy atom. The van der Waals surface area contributed by atoms with Crippen LogP contribution in [-0.4, -0.2) is 24.7 Å². The molecule has 1 unspecified atom stereocenters. The second-order valence-electron chi connectivity index (χ2n) is 5.22. The van der Waals surface area contributed by atoms with E-state index in [2.05, 4.69) is 12.2 Å². The minimum atomic E-state index is -0.229. The number of hydrogen-bond acceptors (Lipinski definition) is 3. The zero-order chi connectivity index (χ0) is 13.5. The van der Waals surface area contributed by atoms with Crippen LogP contribution in [0.4, 0.5) is 0 Å². The predicted molar refractivity (Wildman–Crippen MR) is 76.2 cm³/mol. The van der Waals surface area contributed by atoms with Crippen LogP contribution in [0, 0.1) is 0 Å². The standard InChI is InChI=1S/C16H23NO2/c1-2-14(17-15-10-6-7-11-15)12-19-16(18)13-8-4-3-5-9-13/h3-5,8-9,14-15,17H,2,6-7,10-12H2,1H3. The van der Waals surface area contributed by atoms with Crippen molar-refractivity contribution in [3.63, 3.8) is 0 Å². The van der Waals surface area contributed by atoms with Gasteiger partial charge in [-0.1, -0.05) is 38.0 Å². The normalized spacial score (nSPS) is 17.3. The van der Waals surface area contributed by atoms with E-state index >= 15 is 0 Å². The highest BCUT2D eigenvalue weighted by molar-refractivity contribution is 5.89. The molecule has 1 N–H and O–H groups in total. The molecule has 0 aromatic heterocycles. The van der Waals surface area contributed by atoms with Gasteiger partial charge in [0.15, 0.2) is 0 Å². The molecule has 0 amide bonds. The van der Waals surface area contributed by atoms with Gasteiger partial charge in [0.05, 0.1) is 5.56 Å². The first kappa shape index (κ1) is 14.1. The minimum absolute atomic E-state index is 0.229. The van der Waals surface area contributed by atoms with Gasteiger partial charge in [0.1, 0.15) is 6.61 Å². The Morgan fingerprint density at radius 3 is 2.63 bits per heavy atom. The van der Waals surface area contributed by atoms with Gasteiger partial charge in [0, 0.05) is 12.1 Å². The Labute approximate surface area is 115 Å². The van der Waals surface area contributed by atoms with Crippen molar-refractivity contribution in [2.75, 3.05) is 6.61 Å². The van der Waals surface area contributed by atoms with E-state index in [9.17, 15) is 4.79 Å². The molecule has 3 nitrogen and oxygen atoms in total. The fraction of sp³-hybridized carbons (Fsp3) is 0.562. The molecule has 1 aliphatic rings. The summed E-state index contributed by atoms with van der Waals surface area (Å²) in [7, 11) is 0. The van der Waals surface area contributed by atoms with Crippen LogP contribution in [0.1, 0.15) is 49.4 Å². The van der Waals surface area contributed by atoms with Crippen LogP contribution < -0.4 is 5.32 Å². The van der Waals surface area contributed by atoms with Gasteiger partial charge in [-0.05, 0) is 31.4 Å². The molecule has 0 spiro atoms. The summed E-state index contributed by atoms with van der Waals surface area (Å²) in [5, 5.41) is 3.60. The van der Waals surface area contributed by atoms with Crippen molar-refractivity contribution >= 4 is 5.97 Å². The van der Waals surface area contributed by atoms with Crippen molar-refractivity contribution in [3.05, 3.63) is 35.9 Å². The zero-order valence-electron chi connectivity index (χ0n) is 11.6. The first-order chi connectivity index (χ1) is 9.29. The lowest BCUT2D eigenvalue weighted by Crippen LogP contribution is -2.39. The molecule has 1 fully saturated rings. The molecule has 1 aliphatic carbocycles. The van der Waals surface area contributed by atoms with E-state index in [-0.39, 0.29) is 12.0 Å². The summed E-state index contributed by atoms with van der Waals surface area (Å²) < 4.78 is 5.39. The summed E-state index contributed by atoms with van der Waals surface area (Å²) >= 11 is 0. The third kappa shape index (κ3) is 4.35. The number of benzene rings is 1. The first-order valence-electron chi connectivity index (χ1n) is 7.28. The molecule has 3 heteroatoms. The average Bonchev–Trinajstić information content (AvgIpc) is 2.97. The molecular weight excluding hydrogens is 238 g/mol. The van der Waals surface area contributed by atoms with E-state index in [1.54, 1.807) is 12.1 Å². The first-order valence-corrected chi connectivity index (χ1v) is 7.28. The maximum atomic E-state index is 11.9. The lowest BCUT2D eigenvalue weighted by molar-refractivity contribution is 0.0457. The molecule has 1 aromatic rings. The third-order valence-electron chi connectivity index (χ3n) is 3.74. The fourth-order valence-electron chi connectivity index (χ4n) is 2.54. The summed E-state index contributed by atoms with van der Waals surface area (Å²) in [6.07, 6.45) is 6.13. The number of carbonyl (C=O) groups excluding carboxylic acids is 1. The van der Waals surface area contributed by atoms with Crippen molar-refractivity contribution in [1.29, 1.82) is 0 Å². The van der Waals surface area contributed by atoms with Gasteiger partial charge < -0.3 is 10.1 Å². The fourth-order valence-corrected chi connectivity index (χ4v) is 2.54. The van der Waals surface area contributed by atoms with Gasteiger partial charge in [-0.15, -0.1) is 0 Å². The van der Waals surface area contributed by atoms with Crippen molar-refractivity contribution in [3.8, 4) is 0 Å². The van der Waals surface area contributed by atoms with Gasteiger partial charge in [-0.25, -0.2) is 4.79 Å². The largest absolute Gasteiger partial charge is 0.460 e. The van der Waals surface area contributed by atoms with Crippen molar-refractivity contribution < 1.29 is 9.53 Å². The maximum Gasteiger partial charge on any atom is 0.338 e. The highest BCUT2D eigenvalue weighted by Gasteiger charge is 2.19. The van der Waals surface area contributed by atoms with Crippen LogP contribution in [0.2, 0.25) is 0 Å². The lowest BCUT2D eigenvalue weighted by Gasteiger charge is -2.21. The van der Waals surface area contributed by atoms with E-state index in [4.69, 9.17) is 4.74 Å². The number of rotatable bonds is 6. The third-order valence-corrected chi connectivity index (χ3v) is 3.74. The molecule has 0 aliphatic heterocycles. The van der Waals surface area contributed by atoms with Crippen LogP contribution in [0.3, 0.4) is 0 Å². The molecule has 0 heterocycles. The van der Waals surface area contributed by atoms with Gasteiger partial charge in [0.25, 0.3) is 0 Å². The van der Waals surface area contributed by atoms with Crippen LogP contribution in [0.25, 0.3) is 0 Å². The molecule has 1 saturated carbocycles. The minimum Gasteiger partial charge on any atom is -0.460 e. The van der Waals surface area contributed by atoms with Crippen LogP contribution in [0.5, 0.6) is 0 Å². The lowest BCUT2D eigenvalue weighted by atomic mass is 10.1. The Kier molecular flexibility index (Phi) is 5.40. The second kappa shape index (κ2) is 7.29. The molecule has 0 saturated heterocycles. The Hall–Kier alpha value is -1.35. The maximum absolute atomic E-state index is 11.9. The van der Waals surface area contributed by atoms with E-state index in [1.807, 2.05) is 18.2 Å². The van der Waals surface area contributed by atoms with E-state index in [0.717, 1.165) is 6.42 Å². The SMILES string of the molecule is CCC(COC(=O)c1ccccc1)NC1CCCC1. The van der Waals surface area contributed by atoms with E-state index in [1.165, 1.54) is 25.7 Å². The van der Waals surface area contributed by atoms with Gasteiger partial charge >= 0.3 is 5.97 Å². The number of nitrogens with one attached hydrogen (secondary N) is 1. The Bertz CT molecular complexity index is 385. The van der Waals surface area contributed by atoms with Crippen molar-refractivity contribution in [2.24, 2.45) is 0 Å². The van der Waals surface area contributed by atoms with Gasteiger partial charge in [-0.3, -0.25) is 0 Å². The molecule has 19 heavy (non-hydrogen) atoms. The van der Waals surface area contributed by atoms with E-state index in [0.29, 0.717) is 18.2 Å². The Morgan fingerprint density at radius 1 is 1.32 bits per heavy atom. The summed E-state index contributed by atoms with van der Waals surface area (Å²) in [6.45, 7) is 2.59. The topological polar surface area (TPSA) is 38.3 Å². The zero-order valence-corrected chi connectivity index (χ0v) is 11.6. The molecule has 0 radical (unpaired) electrons. The van der Waals surface area contributed by atoms with E-state index < -0.39 is 0 Å².